The van der Waals surface area contributed by atoms with Gasteiger partial charge in [-0.25, -0.2) is 0 Å². The Morgan fingerprint density at radius 2 is 2.06 bits per heavy atom. The van der Waals surface area contributed by atoms with Crippen LogP contribution in [0, 0.1) is 5.92 Å². The zero-order chi connectivity index (χ0) is 12.0. The third kappa shape index (κ3) is 4.62. The van der Waals surface area contributed by atoms with Crippen LogP contribution in [0.5, 0.6) is 0 Å². The van der Waals surface area contributed by atoms with Gasteiger partial charge in [0.15, 0.2) is 0 Å². The fraction of sp³-hybridized carbons (Fsp3) is 1.00. The molecule has 0 bridgehead atoms. The predicted molar refractivity (Wildman–Crippen MR) is 74.1 cm³/mol. The van der Waals surface area contributed by atoms with Gasteiger partial charge in [-0.05, 0) is 64.5 Å². The molecule has 1 heterocycles. The molecule has 0 amide bonds. The van der Waals surface area contributed by atoms with E-state index >= 15 is 0 Å². The molecule has 0 radical (unpaired) electrons. The molecule has 1 rings (SSSR count). The molecule has 3 nitrogen and oxygen atoms in total. The average Bonchev–Trinajstić information content (AvgIpc) is 2.71. The molecule has 2 unspecified atom stereocenters. The summed E-state index contributed by atoms with van der Waals surface area (Å²) in [5, 5.41) is 0. The van der Waals surface area contributed by atoms with E-state index in [1.807, 2.05) is 0 Å². The van der Waals surface area contributed by atoms with Crippen LogP contribution in [0.25, 0.3) is 0 Å². The predicted octanol–water partition coefficient (Wildman–Crippen LogP) is 0.950. The van der Waals surface area contributed by atoms with Gasteiger partial charge in [0.25, 0.3) is 0 Å². The van der Waals surface area contributed by atoms with Gasteiger partial charge < -0.3 is 15.5 Å². The highest BCUT2D eigenvalue weighted by Gasteiger charge is 2.26. The molecule has 4 heteroatoms. The van der Waals surface area contributed by atoms with Crippen molar-refractivity contribution < 1.29 is 0 Å². The summed E-state index contributed by atoms with van der Waals surface area (Å²) in [6.45, 7) is 3.14. The molecule has 0 spiro atoms. The highest BCUT2D eigenvalue weighted by Crippen LogP contribution is 2.28. The molecule has 1 fully saturated rings. The Bertz CT molecular complexity index is 181. The van der Waals surface area contributed by atoms with Crippen LogP contribution in [0.2, 0.25) is 0 Å². The van der Waals surface area contributed by atoms with E-state index in [1.54, 1.807) is 0 Å². The molecule has 16 heavy (non-hydrogen) atoms. The molecule has 0 saturated carbocycles. The lowest BCUT2D eigenvalue weighted by Crippen LogP contribution is -2.44. The van der Waals surface area contributed by atoms with Crippen LogP contribution in [0.3, 0.4) is 0 Å². The van der Waals surface area contributed by atoms with E-state index in [-0.39, 0.29) is 0 Å². The average molecular weight is 245 g/mol. The number of hydrogen-bond acceptors (Lipinski definition) is 4. The van der Waals surface area contributed by atoms with Gasteiger partial charge in [-0.1, -0.05) is 0 Å². The van der Waals surface area contributed by atoms with Gasteiger partial charge in [0, 0.05) is 12.6 Å². The molecule has 0 aromatic heterocycles. The first-order chi connectivity index (χ1) is 7.65. The quantitative estimate of drug-likeness (QED) is 0.724. The van der Waals surface area contributed by atoms with Gasteiger partial charge in [-0.2, -0.15) is 11.8 Å². The Morgan fingerprint density at radius 3 is 2.56 bits per heavy atom. The first-order valence-electron chi connectivity index (χ1n) is 6.28. The molecular formula is C12H27N3S. The first kappa shape index (κ1) is 14.3. The van der Waals surface area contributed by atoms with E-state index in [0.717, 1.165) is 12.5 Å². The monoisotopic (exact) mass is 245 g/mol. The molecule has 1 aliphatic rings. The molecule has 96 valence electrons. The smallest absolute Gasteiger partial charge is 0.0251 e. The van der Waals surface area contributed by atoms with Crippen LogP contribution in [0.1, 0.15) is 12.8 Å². The summed E-state index contributed by atoms with van der Waals surface area (Å²) in [5.41, 5.74) is 5.92. The maximum absolute atomic E-state index is 5.92. The van der Waals surface area contributed by atoms with Crippen LogP contribution in [0.4, 0.5) is 0 Å². The van der Waals surface area contributed by atoms with E-state index in [4.69, 9.17) is 5.73 Å². The molecule has 2 N–H and O–H groups in total. The summed E-state index contributed by atoms with van der Waals surface area (Å²) >= 11 is 2.08. The van der Waals surface area contributed by atoms with Crippen molar-refractivity contribution in [2.45, 2.75) is 18.9 Å². The second-order valence-corrected chi connectivity index (χ2v) is 6.21. The number of nitrogens with two attached hydrogens (primary N) is 1. The summed E-state index contributed by atoms with van der Waals surface area (Å²) < 4.78 is 0. The zero-order valence-corrected chi connectivity index (χ0v) is 11.8. The minimum absolute atomic E-state index is 0.595. The number of nitrogens with zero attached hydrogens (tertiary/aromatic N) is 2. The third-order valence-corrected chi connectivity index (χ3v) is 4.62. The highest BCUT2D eigenvalue weighted by atomic mass is 32.2. The van der Waals surface area contributed by atoms with Gasteiger partial charge >= 0.3 is 0 Å². The highest BCUT2D eigenvalue weighted by molar-refractivity contribution is 7.99. The van der Waals surface area contributed by atoms with E-state index in [1.165, 1.54) is 37.4 Å². The van der Waals surface area contributed by atoms with Crippen molar-refractivity contribution in [2.24, 2.45) is 11.7 Å². The molecule has 1 saturated heterocycles. The summed E-state index contributed by atoms with van der Waals surface area (Å²) in [6.07, 6.45) is 2.59. The zero-order valence-electron chi connectivity index (χ0n) is 11.0. The Hall–Kier alpha value is 0.230. The summed E-state index contributed by atoms with van der Waals surface area (Å²) in [4.78, 5) is 4.72. The van der Waals surface area contributed by atoms with E-state index in [2.05, 4.69) is 42.7 Å². The number of hydrogen-bond donors (Lipinski definition) is 1. The maximum Gasteiger partial charge on any atom is 0.0251 e. The Morgan fingerprint density at radius 1 is 1.31 bits per heavy atom. The van der Waals surface area contributed by atoms with Gasteiger partial charge in [-0.15, -0.1) is 0 Å². The Kier molecular flexibility index (Phi) is 6.73. The van der Waals surface area contributed by atoms with Crippen LogP contribution in [0.15, 0.2) is 0 Å². The molecule has 2 atom stereocenters. The topological polar surface area (TPSA) is 32.5 Å². The molecule has 0 aromatic carbocycles. The van der Waals surface area contributed by atoms with Crippen LogP contribution in [-0.4, -0.2) is 68.1 Å². The van der Waals surface area contributed by atoms with Crippen molar-refractivity contribution in [3.05, 3.63) is 0 Å². The van der Waals surface area contributed by atoms with E-state index in [9.17, 15) is 0 Å². The van der Waals surface area contributed by atoms with Gasteiger partial charge in [0.05, 0.1) is 0 Å². The molecule has 0 aliphatic carbocycles. The van der Waals surface area contributed by atoms with Gasteiger partial charge in [0.2, 0.25) is 0 Å². The first-order valence-corrected chi connectivity index (χ1v) is 7.43. The van der Waals surface area contributed by atoms with E-state index < -0.39 is 0 Å². The fourth-order valence-corrected chi connectivity index (χ4v) is 3.72. The van der Waals surface area contributed by atoms with Gasteiger partial charge in [-0.3, -0.25) is 0 Å². The van der Waals surface area contributed by atoms with Crippen molar-refractivity contribution in [1.82, 2.24) is 9.80 Å². The van der Waals surface area contributed by atoms with Crippen molar-refractivity contribution >= 4 is 11.8 Å². The molecular weight excluding hydrogens is 218 g/mol. The number of likely N-dealkylation sites (N-methyl/N-ethyl adjacent to an activating group) is 1. The molecule has 1 aliphatic heterocycles. The third-order valence-electron chi connectivity index (χ3n) is 3.43. The summed E-state index contributed by atoms with van der Waals surface area (Å²) in [5.74, 6) is 3.45. The lowest BCUT2D eigenvalue weighted by molar-refractivity contribution is 0.184. The fourth-order valence-electron chi connectivity index (χ4n) is 2.39. The summed E-state index contributed by atoms with van der Waals surface area (Å²) in [6, 6.07) is 0.595. The molecule has 0 aromatic rings. The van der Waals surface area contributed by atoms with Crippen LogP contribution < -0.4 is 5.73 Å². The lowest BCUT2D eigenvalue weighted by Gasteiger charge is -2.31. The van der Waals surface area contributed by atoms with Crippen molar-refractivity contribution in [1.29, 1.82) is 0 Å². The minimum atomic E-state index is 0.595. The van der Waals surface area contributed by atoms with Crippen LogP contribution >= 0.6 is 11.8 Å². The van der Waals surface area contributed by atoms with Gasteiger partial charge in [0.1, 0.15) is 0 Å². The standard InChI is InChI=1S/C12H27N3S/c1-14(2)6-4-7-15(3)12(9-13)11-5-8-16-10-11/h11-12H,4-10,13H2,1-3H3. The Balaban J connectivity index is 2.28. The minimum Gasteiger partial charge on any atom is -0.329 e. The van der Waals surface area contributed by atoms with Crippen molar-refractivity contribution in [3.8, 4) is 0 Å². The number of rotatable bonds is 7. The number of thioether (sulfide) groups is 1. The Labute approximate surface area is 105 Å². The SMILES string of the molecule is CN(C)CCCN(C)C(CN)C1CCSC1. The summed E-state index contributed by atoms with van der Waals surface area (Å²) in [7, 11) is 6.50. The van der Waals surface area contributed by atoms with Crippen molar-refractivity contribution in [3.63, 3.8) is 0 Å². The normalized spacial score (nSPS) is 23.2. The lowest BCUT2D eigenvalue weighted by atomic mass is 9.98. The van der Waals surface area contributed by atoms with Crippen LogP contribution in [-0.2, 0) is 0 Å². The van der Waals surface area contributed by atoms with Crippen molar-refractivity contribution in [2.75, 3.05) is 52.3 Å². The second-order valence-electron chi connectivity index (χ2n) is 5.06. The van der Waals surface area contributed by atoms with E-state index in [0.29, 0.717) is 6.04 Å². The second kappa shape index (κ2) is 7.54. The maximum atomic E-state index is 5.92. The largest absolute Gasteiger partial charge is 0.329 e.